The molecule has 0 aromatic heterocycles. The molecule has 2 N–H and O–H groups in total. The first-order chi connectivity index (χ1) is 14.7. The van der Waals surface area contributed by atoms with Crippen molar-refractivity contribution < 1.29 is 14.3 Å². The van der Waals surface area contributed by atoms with Gasteiger partial charge >= 0.3 is 6.03 Å². The summed E-state index contributed by atoms with van der Waals surface area (Å²) in [5, 5.41) is 6.16. The predicted molar refractivity (Wildman–Crippen MR) is 122 cm³/mol. The molecule has 5 heteroatoms. The minimum absolute atomic E-state index is 0.0397. The van der Waals surface area contributed by atoms with Crippen LogP contribution in [0.1, 0.15) is 63.9 Å². The second kappa shape index (κ2) is 11.5. The number of amides is 2. The van der Waals surface area contributed by atoms with Crippen molar-refractivity contribution in [3.63, 3.8) is 0 Å². The summed E-state index contributed by atoms with van der Waals surface area (Å²) in [6.45, 7) is 5.56. The lowest BCUT2D eigenvalue weighted by Gasteiger charge is -2.27. The van der Waals surface area contributed by atoms with Gasteiger partial charge in [-0.2, -0.15) is 0 Å². The third-order valence-corrected chi connectivity index (χ3v) is 5.66. The topological polar surface area (TPSA) is 59.6 Å². The largest absolute Gasteiger partial charge is 0.486 e. The van der Waals surface area contributed by atoms with Crippen LogP contribution in [0.15, 0.2) is 48.5 Å². The van der Waals surface area contributed by atoms with Crippen LogP contribution in [0, 0.1) is 0 Å². The summed E-state index contributed by atoms with van der Waals surface area (Å²) in [6, 6.07) is 15.5. The van der Waals surface area contributed by atoms with Crippen molar-refractivity contribution in [2.45, 2.75) is 64.3 Å². The lowest BCUT2D eigenvalue weighted by atomic mass is 9.89. The Bertz CT molecular complexity index is 794. The van der Waals surface area contributed by atoms with Gasteiger partial charge in [-0.3, -0.25) is 0 Å². The molecule has 2 atom stereocenters. The highest BCUT2D eigenvalue weighted by molar-refractivity contribution is 5.89. The van der Waals surface area contributed by atoms with Gasteiger partial charge in [0.1, 0.15) is 13.2 Å². The molecule has 0 spiro atoms. The van der Waals surface area contributed by atoms with E-state index < -0.39 is 0 Å². The second-order valence-electron chi connectivity index (χ2n) is 7.97. The molecule has 162 valence electrons. The molecule has 0 aliphatic carbocycles. The van der Waals surface area contributed by atoms with Gasteiger partial charge < -0.3 is 20.1 Å². The molecule has 2 aromatic rings. The smallest absolute Gasteiger partial charge is 0.319 e. The van der Waals surface area contributed by atoms with Gasteiger partial charge in [0.05, 0.1) is 0 Å². The number of unbranched alkanes of at least 4 members (excludes halogenated alkanes) is 4. The number of rotatable bonds is 10. The van der Waals surface area contributed by atoms with Crippen molar-refractivity contribution in [1.29, 1.82) is 0 Å². The van der Waals surface area contributed by atoms with Crippen molar-refractivity contribution in [2.75, 3.05) is 18.5 Å². The molecule has 3 rings (SSSR count). The first-order valence-corrected chi connectivity index (χ1v) is 11.2. The maximum Gasteiger partial charge on any atom is 0.319 e. The number of fused-ring (bicyclic) bond motifs is 1. The zero-order valence-corrected chi connectivity index (χ0v) is 18.2. The Morgan fingerprint density at radius 3 is 2.47 bits per heavy atom. The number of hydrogen-bond donors (Lipinski definition) is 2. The van der Waals surface area contributed by atoms with Crippen LogP contribution in [-0.2, 0) is 0 Å². The monoisotopic (exact) mass is 410 g/mol. The third-order valence-electron chi connectivity index (χ3n) is 5.66. The fraction of sp³-hybridized carbons (Fsp3) is 0.480. The molecule has 1 heterocycles. The van der Waals surface area contributed by atoms with Crippen LogP contribution in [0.2, 0.25) is 0 Å². The molecule has 0 bridgehead atoms. The summed E-state index contributed by atoms with van der Waals surface area (Å²) in [5.41, 5.74) is 1.95. The standard InChI is InChI=1S/C25H34N2O3/c1-3-4-5-6-10-13-22(27-25(28)26-21-11-8-7-9-12-21)19(2)20-14-15-23-24(18-20)30-17-16-29-23/h7-9,11-12,14-15,18-19,22H,3-6,10,13,16-17H2,1-2H3,(H2,26,27,28)/t19-,22?/m1/s1. The summed E-state index contributed by atoms with van der Waals surface area (Å²) >= 11 is 0. The molecule has 1 aliphatic heterocycles. The highest BCUT2D eigenvalue weighted by Gasteiger charge is 2.23. The van der Waals surface area contributed by atoms with Crippen LogP contribution in [0.4, 0.5) is 10.5 Å². The molecule has 1 unspecified atom stereocenters. The van der Waals surface area contributed by atoms with E-state index in [4.69, 9.17) is 9.47 Å². The molecule has 30 heavy (non-hydrogen) atoms. The van der Waals surface area contributed by atoms with Crippen LogP contribution < -0.4 is 20.1 Å². The molecule has 1 aliphatic rings. The second-order valence-corrected chi connectivity index (χ2v) is 7.97. The molecular formula is C25H34N2O3. The predicted octanol–water partition coefficient (Wildman–Crippen LogP) is 6.11. The molecule has 0 saturated heterocycles. The normalized spacial score (nSPS) is 14.6. The molecule has 0 fully saturated rings. The minimum atomic E-state index is -0.163. The molecule has 0 saturated carbocycles. The Kier molecular flexibility index (Phi) is 8.42. The van der Waals surface area contributed by atoms with E-state index in [-0.39, 0.29) is 18.0 Å². The van der Waals surface area contributed by atoms with Crippen LogP contribution in [0.3, 0.4) is 0 Å². The Balaban J connectivity index is 1.66. The van der Waals surface area contributed by atoms with Crippen molar-refractivity contribution in [3.8, 4) is 11.5 Å². The van der Waals surface area contributed by atoms with Crippen molar-refractivity contribution >= 4 is 11.7 Å². The number of para-hydroxylation sites is 1. The fourth-order valence-electron chi connectivity index (χ4n) is 3.85. The van der Waals surface area contributed by atoms with Gasteiger partial charge in [0, 0.05) is 17.6 Å². The average Bonchev–Trinajstić information content (AvgIpc) is 2.78. The lowest BCUT2D eigenvalue weighted by Crippen LogP contribution is -2.41. The van der Waals surface area contributed by atoms with E-state index in [0.29, 0.717) is 13.2 Å². The summed E-state index contributed by atoms with van der Waals surface area (Å²) in [5.74, 6) is 1.75. The van der Waals surface area contributed by atoms with E-state index in [0.717, 1.165) is 35.6 Å². The van der Waals surface area contributed by atoms with Gasteiger partial charge in [-0.25, -0.2) is 4.79 Å². The molecule has 2 amide bonds. The Labute approximate surface area is 180 Å². The summed E-state index contributed by atoms with van der Waals surface area (Å²) in [6.07, 6.45) is 6.99. The van der Waals surface area contributed by atoms with Crippen LogP contribution in [0.5, 0.6) is 11.5 Å². The number of nitrogens with one attached hydrogen (secondary N) is 2. The minimum Gasteiger partial charge on any atom is -0.486 e. The summed E-state index contributed by atoms with van der Waals surface area (Å²) in [4.78, 5) is 12.7. The number of anilines is 1. The van der Waals surface area contributed by atoms with Gasteiger partial charge in [0.2, 0.25) is 0 Å². The van der Waals surface area contributed by atoms with Crippen molar-refractivity contribution in [2.24, 2.45) is 0 Å². The number of carbonyl (C=O) groups is 1. The maximum absolute atomic E-state index is 12.7. The fourth-order valence-corrected chi connectivity index (χ4v) is 3.85. The van der Waals surface area contributed by atoms with Crippen molar-refractivity contribution in [3.05, 3.63) is 54.1 Å². The number of ether oxygens (including phenoxy) is 2. The molecule has 5 nitrogen and oxygen atoms in total. The van der Waals surface area contributed by atoms with Crippen LogP contribution in [-0.4, -0.2) is 25.3 Å². The van der Waals surface area contributed by atoms with E-state index in [1.165, 1.54) is 25.7 Å². The van der Waals surface area contributed by atoms with E-state index in [1.54, 1.807) is 0 Å². The molecule has 0 radical (unpaired) electrons. The molecular weight excluding hydrogens is 376 g/mol. The van der Waals surface area contributed by atoms with Crippen LogP contribution >= 0.6 is 0 Å². The van der Waals surface area contributed by atoms with E-state index in [9.17, 15) is 4.79 Å². The highest BCUT2D eigenvalue weighted by atomic mass is 16.6. The van der Waals surface area contributed by atoms with Crippen LogP contribution in [0.25, 0.3) is 0 Å². The summed E-state index contributed by atoms with van der Waals surface area (Å²) < 4.78 is 11.4. The van der Waals surface area contributed by atoms with Crippen molar-refractivity contribution in [1.82, 2.24) is 5.32 Å². The van der Waals surface area contributed by atoms with E-state index >= 15 is 0 Å². The Morgan fingerprint density at radius 2 is 1.70 bits per heavy atom. The van der Waals surface area contributed by atoms with E-state index in [1.807, 2.05) is 36.4 Å². The van der Waals surface area contributed by atoms with Gasteiger partial charge in [-0.05, 0) is 36.2 Å². The average molecular weight is 411 g/mol. The van der Waals surface area contributed by atoms with E-state index in [2.05, 4.69) is 36.6 Å². The van der Waals surface area contributed by atoms with Gasteiger partial charge in [0.15, 0.2) is 11.5 Å². The summed E-state index contributed by atoms with van der Waals surface area (Å²) in [7, 11) is 0. The van der Waals surface area contributed by atoms with Gasteiger partial charge in [-0.15, -0.1) is 0 Å². The number of benzene rings is 2. The zero-order chi connectivity index (χ0) is 21.2. The number of hydrogen-bond acceptors (Lipinski definition) is 3. The SMILES string of the molecule is CCCCCCCC(NC(=O)Nc1ccccc1)[C@H](C)c1ccc2c(c1)OCCO2. The lowest BCUT2D eigenvalue weighted by molar-refractivity contribution is 0.171. The highest BCUT2D eigenvalue weighted by Crippen LogP contribution is 2.34. The number of urea groups is 1. The Hall–Kier alpha value is -2.69. The number of carbonyl (C=O) groups excluding carboxylic acids is 1. The first-order valence-electron chi connectivity index (χ1n) is 11.2. The third kappa shape index (κ3) is 6.41. The first kappa shape index (κ1) is 22.0. The van der Waals surface area contributed by atoms with Gasteiger partial charge in [-0.1, -0.05) is 70.2 Å². The molecule has 2 aromatic carbocycles. The Morgan fingerprint density at radius 1 is 0.967 bits per heavy atom. The maximum atomic E-state index is 12.7. The zero-order valence-electron chi connectivity index (χ0n) is 18.2. The quantitative estimate of drug-likeness (QED) is 0.464. The van der Waals surface area contributed by atoms with Gasteiger partial charge in [0.25, 0.3) is 0 Å².